The molecule has 5 rings (SSSR count). The minimum atomic E-state index is -0.651. The van der Waals surface area contributed by atoms with Crippen molar-refractivity contribution in [1.82, 2.24) is 14.0 Å². The molecule has 4 aromatic rings. The number of nitriles is 1. The highest BCUT2D eigenvalue weighted by Crippen LogP contribution is 2.19. The van der Waals surface area contributed by atoms with Gasteiger partial charge in [-0.05, 0) is 47.4 Å². The number of aromatic nitrogens is 2. The second-order valence-electron chi connectivity index (χ2n) is 8.68. The molecule has 1 aromatic heterocycles. The van der Waals surface area contributed by atoms with E-state index in [0.717, 1.165) is 36.1 Å². The van der Waals surface area contributed by atoms with Crippen molar-refractivity contribution in [1.29, 1.82) is 5.26 Å². The molecule has 6 nitrogen and oxygen atoms in total. The number of hydrogen-bond donors (Lipinski definition) is 1. The zero-order chi connectivity index (χ0) is 22.8. The Bertz CT molecular complexity index is 1380. The van der Waals surface area contributed by atoms with Crippen LogP contribution in [0, 0.1) is 11.3 Å². The standard InChI is InChI=1S/C27H26N4O2/c28-15-20-9-11-21(12-10-20)16-30-25-7-3-4-8-26(25)31(27(30)33)19-24(32)18-29-14-13-22-5-1-2-6-23(22)17-29/h1-12,24,32H,13-14,16-19H2. The van der Waals surface area contributed by atoms with Crippen molar-refractivity contribution >= 4 is 11.0 Å². The van der Waals surface area contributed by atoms with Crippen LogP contribution in [-0.2, 0) is 26.1 Å². The first-order valence-corrected chi connectivity index (χ1v) is 11.3. The van der Waals surface area contributed by atoms with Crippen molar-refractivity contribution in [3.8, 4) is 6.07 Å². The summed E-state index contributed by atoms with van der Waals surface area (Å²) in [4.78, 5) is 15.6. The van der Waals surface area contributed by atoms with Crippen LogP contribution in [0.1, 0.15) is 22.3 Å². The number of fused-ring (bicyclic) bond motifs is 2. The van der Waals surface area contributed by atoms with Gasteiger partial charge in [0.2, 0.25) is 0 Å². The van der Waals surface area contributed by atoms with Gasteiger partial charge in [0.1, 0.15) is 0 Å². The molecule has 1 aliphatic rings. The van der Waals surface area contributed by atoms with Crippen LogP contribution in [0.25, 0.3) is 11.0 Å². The summed E-state index contributed by atoms with van der Waals surface area (Å²) in [6.07, 6.45) is 0.328. The van der Waals surface area contributed by atoms with E-state index in [0.29, 0.717) is 18.7 Å². The van der Waals surface area contributed by atoms with Gasteiger partial charge in [-0.1, -0.05) is 48.5 Å². The number of rotatable bonds is 6. The molecule has 0 radical (unpaired) electrons. The maximum atomic E-state index is 13.4. The van der Waals surface area contributed by atoms with E-state index in [-0.39, 0.29) is 12.2 Å². The molecule has 2 heterocycles. The fraction of sp³-hybridized carbons (Fsp3) is 0.259. The molecule has 0 aliphatic carbocycles. The van der Waals surface area contributed by atoms with Gasteiger partial charge >= 0.3 is 5.69 Å². The maximum Gasteiger partial charge on any atom is 0.329 e. The Hall–Kier alpha value is -3.66. The van der Waals surface area contributed by atoms with Crippen molar-refractivity contribution in [2.45, 2.75) is 32.2 Å². The molecule has 0 fully saturated rings. The number of β-amino-alcohol motifs (C(OH)–C–C–N with tert-alkyl or cyclic N) is 1. The molecular formula is C27H26N4O2. The van der Waals surface area contributed by atoms with Crippen molar-refractivity contribution in [2.75, 3.05) is 13.1 Å². The van der Waals surface area contributed by atoms with E-state index in [1.165, 1.54) is 11.1 Å². The third-order valence-corrected chi connectivity index (χ3v) is 6.42. The number of imidazole rings is 1. The van der Waals surface area contributed by atoms with Gasteiger partial charge in [0.15, 0.2) is 0 Å². The lowest BCUT2D eigenvalue weighted by Crippen LogP contribution is -2.39. The zero-order valence-corrected chi connectivity index (χ0v) is 18.4. The fourth-order valence-electron chi connectivity index (χ4n) is 4.75. The largest absolute Gasteiger partial charge is 0.390 e. The van der Waals surface area contributed by atoms with Crippen molar-refractivity contribution < 1.29 is 5.11 Å². The fourth-order valence-corrected chi connectivity index (χ4v) is 4.75. The summed E-state index contributed by atoms with van der Waals surface area (Å²) >= 11 is 0. The quantitative estimate of drug-likeness (QED) is 0.502. The second kappa shape index (κ2) is 9.07. The topological polar surface area (TPSA) is 74.2 Å². The summed E-state index contributed by atoms with van der Waals surface area (Å²) in [5.41, 5.74) is 5.76. The Labute approximate surface area is 192 Å². The van der Waals surface area contributed by atoms with Crippen molar-refractivity contribution in [3.05, 3.63) is 106 Å². The van der Waals surface area contributed by atoms with Gasteiger partial charge < -0.3 is 5.11 Å². The Kier molecular flexibility index (Phi) is 5.82. The van der Waals surface area contributed by atoms with E-state index < -0.39 is 6.10 Å². The van der Waals surface area contributed by atoms with Crippen LogP contribution in [0.4, 0.5) is 0 Å². The van der Waals surface area contributed by atoms with Gasteiger partial charge in [-0.15, -0.1) is 0 Å². The molecular weight excluding hydrogens is 412 g/mol. The Balaban J connectivity index is 1.36. The average Bonchev–Trinajstić information content (AvgIpc) is 3.10. The van der Waals surface area contributed by atoms with Crippen LogP contribution in [0.3, 0.4) is 0 Å². The predicted molar refractivity (Wildman–Crippen MR) is 128 cm³/mol. The zero-order valence-electron chi connectivity index (χ0n) is 18.4. The molecule has 1 unspecified atom stereocenters. The molecule has 1 atom stereocenters. The van der Waals surface area contributed by atoms with E-state index in [2.05, 4.69) is 35.2 Å². The molecule has 0 bridgehead atoms. The van der Waals surface area contributed by atoms with Crippen LogP contribution in [0.15, 0.2) is 77.6 Å². The minimum Gasteiger partial charge on any atom is -0.390 e. The smallest absolute Gasteiger partial charge is 0.329 e. The average molecular weight is 439 g/mol. The third kappa shape index (κ3) is 4.34. The lowest BCUT2D eigenvalue weighted by Gasteiger charge is -2.30. The first kappa shape index (κ1) is 21.2. The van der Waals surface area contributed by atoms with E-state index in [9.17, 15) is 9.90 Å². The van der Waals surface area contributed by atoms with Crippen molar-refractivity contribution in [3.63, 3.8) is 0 Å². The SMILES string of the molecule is N#Cc1ccc(Cn2c(=O)n(CC(O)CN3CCc4ccccc4C3)c3ccccc32)cc1. The molecule has 3 aromatic carbocycles. The van der Waals surface area contributed by atoms with Gasteiger partial charge in [0.25, 0.3) is 0 Å². The van der Waals surface area contributed by atoms with Gasteiger partial charge in [-0.2, -0.15) is 5.26 Å². The summed E-state index contributed by atoms with van der Waals surface area (Å²) < 4.78 is 3.42. The Morgan fingerprint density at radius 2 is 1.55 bits per heavy atom. The first-order chi connectivity index (χ1) is 16.1. The summed E-state index contributed by atoms with van der Waals surface area (Å²) in [7, 11) is 0. The lowest BCUT2D eigenvalue weighted by atomic mass is 10.00. The van der Waals surface area contributed by atoms with Gasteiger partial charge in [-0.25, -0.2) is 4.79 Å². The van der Waals surface area contributed by atoms with Crippen LogP contribution in [0.2, 0.25) is 0 Å². The second-order valence-corrected chi connectivity index (χ2v) is 8.68. The molecule has 166 valence electrons. The molecule has 1 N–H and O–H groups in total. The Morgan fingerprint density at radius 3 is 2.27 bits per heavy atom. The van der Waals surface area contributed by atoms with E-state index in [1.807, 2.05) is 36.4 Å². The van der Waals surface area contributed by atoms with Crippen molar-refractivity contribution in [2.24, 2.45) is 0 Å². The summed E-state index contributed by atoms with van der Waals surface area (Å²) in [6, 6.07) is 25.5. The number of para-hydroxylation sites is 2. The minimum absolute atomic E-state index is 0.136. The highest BCUT2D eigenvalue weighted by atomic mass is 16.3. The predicted octanol–water partition coefficient (Wildman–Crippen LogP) is 3.14. The van der Waals surface area contributed by atoms with Crippen LogP contribution in [0.5, 0.6) is 0 Å². The molecule has 0 spiro atoms. The highest BCUT2D eigenvalue weighted by Gasteiger charge is 2.21. The Morgan fingerprint density at radius 1 is 0.879 bits per heavy atom. The van der Waals surface area contributed by atoms with Gasteiger partial charge in [0.05, 0.1) is 41.9 Å². The van der Waals surface area contributed by atoms with Crippen LogP contribution < -0.4 is 5.69 Å². The molecule has 33 heavy (non-hydrogen) atoms. The van der Waals surface area contributed by atoms with E-state index in [4.69, 9.17) is 5.26 Å². The molecule has 0 saturated heterocycles. The van der Waals surface area contributed by atoms with E-state index >= 15 is 0 Å². The number of aliphatic hydroxyl groups is 1. The van der Waals surface area contributed by atoms with Gasteiger partial charge in [0, 0.05) is 19.6 Å². The van der Waals surface area contributed by atoms with E-state index in [1.54, 1.807) is 21.3 Å². The maximum absolute atomic E-state index is 13.4. The highest BCUT2D eigenvalue weighted by molar-refractivity contribution is 5.76. The summed E-state index contributed by atoms with van der Waals surface area (Å²) in [5, 5.41) is 19.9. The molecule has 1 aliphatic heterocycles. The van der Waals surface area contributed by atoms with Crippen LogP contribution in [-0.4, -0.2) is 38.3 Å². The molecule has 0 amide bonds. The first-order valence-electron chi connectivity index (χ1n) is 11.3. The number of benzene rings is 3. The number of nitrogens with zero attached hydrogens (tertiary/aromatic N) is 4. The summed E-state index contributed by atoms with van der Waals surface area (Å²) in [6.45, 7) is 2.91. The van der Waals surface area contributed by atoms with Crippen LogP contribution >= 0.6 is 0 Å². The van der Waals surface area contributed by atoms with Gasteiger partial charge in [-0.3, -0.25) is 14.0 Å². The normalized spacial score (nSPS) is 14.7. The number of hydrogen-bond acceptors (Lipinski definition) is 4. The summed E-state index contributed by atoms with van der Waals surface area (Å²) in [5.74, 6) is 0. The number of aliphatic hydroxyl groups excluding tert-OH is 1. The molecule has 0 saturated carbocycles. The third-order valence-electron chi connectivity index (χ3n) is 6.42. The molecule has 6 heteroatoms. The lowest BCUT2D eigenvalue weighted by molar-refractivity contribution is 0.0918. The monoisotopic (exact) mass is 438 g/mol.